The van der Waals surface area contributed by atoms with E-state index < -0.39 is 0 Å². The molecule has 1 atom stereocenters. The molecule has 1 amide bonds. The maximum absolute atomic E-state index is 13.4. The molecule has 162 valence electrons. The maximum atomic E-state index is 13.4. The van der Waals surface area contributed by atoms with Gasteiger partial charge in [0.05, 0.1) is 25.0 Å². The topological polar surface area (TPSA) is 60.2 Å². The summed E-state index contributed by atoms with van der Waals surface area (Å²) in [5, 5.41) is 9.36. The Bertz CT molecular complexity index is 1010. The zero-order chi connectivity index (χ0) is 21.6. The largest absolute Gasteiger partial charge is 0.375 e. The number of halogens is 1. The molecule has 0 spiro atoms. The van der Waals surface area contributed by atoms with Gasteiger partial charge in [-0.05, 0) is 36.2 Å². The molecule has 0 radical (unpaired) electrons. The van der Waals surface area contributed by atoms with Gasteiger partial charge in [0, 0.05) is 18.7 Å². The van der Waals surface area contributed by atoms with Crippen LogP contribution in [0.3, 0.4) is 0 Å². The Morgan fingerprint density at radius 2 is 1.94 bits per heavy atom. The van der Waals surface area contributed by atoms with Crippen molar-refractivity contribution in [3.05, 3.63) is 66.0 Å². The van der Waals surface area contributed by atoms with Gasteiger partial charge in [-0.15, -0.1) is 10.2 Å². The summed E-state index contributed by atoms with van der Waals surface area (Å²) in [6.07, 6.45) is 0.998. The molecule has 1 saturated heterocycles. The highest BCUT2D eigenvalue weighted by Gasteiger charge is 2.24. The maximum Gasteiger partial charge on any atom is 0.233 e. The van der Waals surface area contributed by atoms with Crippen LogP contribution in [-0.2, 0) is 16.1 Å². The van der Waals surface area contributed by atoms with Crippen LogP contribution in [0.1, 0.15) is 18.9 Å². The zero-order valence-corrected chi connectivity index (χ0v) is 18.2. The quantitative estimate of drug-likeness (QED) is 0.522. The minimum atomic E-state index is -0.297. The zero-order valence-electron chi connectivity index (χ0n) is 17.4. The molecule has 1 aliphatic rings. The Morgan fingerprint density at radius 1 is 1.16 bits per heavy atom. The van der Waals surface area contributed by atoms with Crippen LogP contribution in [0.5, 0.6) is 0 Å². The van der Waals surface area contributed by atoms with Crippen LogP contribution in [0.15, 0.2) is 59.8 Å². The lowest BCUT2D eigenvalue weighted by Crippen LogP contribution is -2.46. The van der Waals surface area contributed by atoms with Gasteiger partial charge in [0.2, 0.25) is 5.91 Å². The Morgan fingerprint density at radius 3 is 2.68 bits per heavy atom. The molecule has 1 aliphatic heterocycles. The minimum Gasteiger partial charge on any atom is -0.375 e. The van der Waals surface area contributed by atoms with Crippen LogP contribution in [0.25, 0.3) is 11.4 Å². The number of morpholine rings is 1. The molecule has 0 aliphatic carbocycles. The Hall–Kier alpha value is -2.71. The summed E-state index contributed by atoms with van der Waals surface area (Å²) >= 11 is 1.38. The molecular weight excluding hydrogens is 415 g/mol. The van der Waals surface area contributed by atoms with Crippen molar-refractivity contribution in [1.82, 2.24) is 19.7 Å². The molecule has 2 aromatic carbocycles. The summed E-state index contributed by atoms with van der Waals surface area (Å²) in [6.45, 7) is 4.46. The van der Waals surface area contributed by atoms with Crippen molar-refractivity contribution in [2.24, 2.45) is 0 Å². The van der Waals surface area contributed by atoms with Gasteiger partial charge in [-0.25, -0.2) is 4.39 Å². The van der Waals surface area contributed by atoms with Gasteiger partial charge in [0.15, 0.2) is 11.0 Å². The average molecular weight is 441 g/mol. The van der Waals surface area contributed by atoms with Gasteiger partial charge in [-0.1, -0.05) is 49.0 Å². The van der Waals surface area contributed by atoms with Gasteiger partial charge in [0.25, 0.3) is 0 Å². The SMILES string of the molecule is CCC1CN(C(=O)CSc2nnc(-c3ccc(F)cc3)n2Cc2ccccc2)CCO1. The number of amides is 1. The highest BCUT2D eigenvalue weighted by atomic mass is 32.2. The smallest absolute Gasteiger partial charge is 0.233 e. The second kappa shape index (κ2) is 10.1. The van der Waals surface area contributed by atoms with E-state index in [9.17, 15) is 9.18 Å². The molecule has 1 fully saturated rings. The lowest BCUT2D eigenvalue weighted by Gasteiger charge is -2.32. The van der Waals surface area contributed by atoms with Gasteiger partial charge >= 0.3 is 0 Å². The monoisotopic (exact) mass is 440 g/mol. The van der Waals surface area contributed by atoms with E-state index in [0.29, 0.717) is 37.2 Å². The number of ether oxygens (including phenoxy) is 1. The first-order valence-electron chi connectivity index (χ1n) is 10.4. The highest BCUT2D eigenvalue weighted by molar-refractivity contribution is 7.99. The van der Waals surface area contributed by atoms with Crippen molar-refractivity contribution in [2.75, 3.05) is 25.4 Å². The highest BCUT2D eigenvalue weighted by Crippen LogP contribution is 2.26. The third-order valence-corrected chi connectivity index (χ3v) is 6.23. The molecule has 6 nitrogen and oxygen atoms in total. The van der Waals surface area contributed by atoms with Gasteiger partial charge in [0.1, 0.15) is 5.82 Å². The molecule has 31 heavy (non-hydrogen) atoms. The first kappa shape index (κ1) is 21.5. The number of carbonyl (C=O) groups is 1. The Kier molecular flexibility index (Phi) is 6.99. The predicted octanol–water partition coefficient (Wildman–Crippen LogP) is 3.86. The van der Waals surface area contributed by atoms with Gasteiger partial charge in [-0.2, -0.15) is 0 Å². The normalized spacial score (nSPS) is 16.5. The van der Waals surface area contributed by atoms with E-state index in [-0.39, 0.29) is 23.6 Å². The average Bonchev–Trinajstić information content (AvgIpc) is 3.21. The molecule has 1 aromatic heterocycles. The lowest BCUT2D eigenvalue weighted by molar-refractivity contribution is -0.135. The second-order valence-electron chi connectivity index (χ2n) is 7.41. The minimum absolute atomic E-state index is 0.0735. The van der Waals surface area contributed by atoms with Crippen molar-refractivity contribution in [3.63, 3.8) is 0 Å². The summed E-state index contributed by atoms with van der Waals surface area (Å²) in [5.74, 6) is 0.710. The van der Waals surface area contributed by atoms with E-state index in [0.717, 1.165) is 17.5 Å². The Balaban J connectivity index is 1.54. The molecule has 1 unspecified atom stereocenters. The van der Waals surface area contributed by atoms with Crippen molar-refractivity contribution in [2.45, 2.75) is 31.1 Å². The van der Waals surface area contributed by atoms with E-state index >= 15 is 0 Å². The van der Waals surface area contributed by atoms with Crippen LogP contribution >= 0.6 is 11.8 Å². The third-order valence-electron chi connectivity index (χ3n) is 5.27. The molecule has 2 heterocycles. The van der Waals surface area contributed by atoms with Crippen LogP contribution in [0, 0.1) is 5.82 Å². The molecule has 3 aromatic rings. The van der Waals surface area contributed by atoms with E-state index in [1.54, 1.807) is 12.1 Å². The summed E-state index contributed by atoms with van der Waals surface area (Å²) < 4.78 is 21.0. The molecule has 4 rings (SSSR count). The van der Waals surface area contributed by atoms with E-state index in [2.05, 4.69) is 17.1 Å². The standard InChI is InChI=1S/C23H25FN4O2S/c1-2-20-15-27(12-13-30-20)21(29)16-31-23-26-25-22(18-8-10-19(24)11-9-18)28(23)14-17-6-4-3-5-7-17/h3-11,20H,2,12-16H2,1H3. The number of nitrogens with zero attached hydrogens (tertiary/aromatic N) is 4. The van der Waals surface area contributed by atoms with Crippen LogP contribution in [0.2, 0.25) is 0 Å². The van der Waals surface area contributed by atoms with Crippen LogP contribution in [-0.4, -0.2) is 57.1 Å². The second-order valence-corrected chi connectivity index (χ2v) is 8.36. The summed E-state index contributed by atoms with van der Waals surface area (Å²) in [5.41, 5.74) is 1.87. The van der Waals surface area contributed by atoms with Crippen molar-refractivity contribution in [1.29, 1.82) is 0 Å². The van der Waals surface area contributed by atoms with Crippen LogP contribution < -0.4 is 0 Å². The number of benzene rings is 2. The molecule has 0 bridgehead atoms. The molecule has 0 saturated carbocycles. The van der Waals surface area contributed by atoms with E-state index in [4.69, 9.17) is 4.74 Å². The fourth-order valence-electron chi connectivity index (χ4n) is 3.53. The first-order chi connectivity index (χ1) is 15.1. The third kappa shape index (κ3) is 5.32. The molecular formula is C23H25FN4O2S. The number of rotatable bonds is 7. The molecule has 0 N–H and O–H groups in total. The van der Waals surface area contributed by atoms with Crippen molar-refractivity contribution >= 4 is 17.7 Å². The summed E-state index contributed by atoms with van der Waals surface area (Å²) in [4.78, 5) is 14.6. The Labute approximate surface area is 185 Å². The summed E-state index contributed by atoms with van der Waals surface area (Å²) in [6, 6.07) is 16.2. The number of hydrogen-bond acceptors (Lipinski definition) is 5. The van der Waals surface area contributed by atoms with Crippen molar-refractivity contribution < 1.29 is 13.9 Å². The predicted molar refractivity (Wildman–Crippen MR) is 118 cm³/mol. The lowest BCUT2D eigenvalue weighted by atomic mass is 10.2. The van der Waals surface area contributed by atoms with Crippen molar-refractivity contribution in [3.8, 4) is 11.4 Å². The van der Waals surface area contributed by atoms with E-state index in [1.807, 2.05) is 39.8 Å². The summed E-state index contributed by atoms with van der Waals surface area (Å²) in [7, 11) is 0. The number of carbonyl (C=O) groups excluding carboxylic acids is 1. The number of hydrogen-bond donors (Lipinski definition) is 0. The van der Waals surface area contributed by atoms with Gasteiger partial charge in [-0.3, -0.25) is 9.36 Å². The fourth-order valence-corrected chi connectivity index (χ4v) is 4.37. The fraction of sp³-hybridized carbons (Fsp3) is 0.348. The van der Waals surface area contributed by atoms with Gasteiger partial charge < -0.3 is 9.64 Å². The van der Waals surface area contributed by atoms with Crippen LogP contribution in [0.4, 0.5) is 4.39 Å². The number of thioether (sulfide) groups is 1. The number of aromatic nitrogens is 3. The molecule has 8 heteroatoms. The first-order valence-corrected chi connectivity index (χ1v) is 11.4. The van der Waals surface area contributed by atoms with E-state index in [1.165, 1.54) is 23.9 Å².